The standard InChI is InChI=1S/C15H14N2O2/c1-16-15(19)12-9-5-6-10-13(12)17-14(18)11-7-3-2-4-8-11/h2-10H,1H3,(H,16,19)(H,17,18). The van der Waals surface area contributed by atoms with E-state index in [1.54, 1.807) is 55.6 Å². The SMILES string of the molecule is CNC(=O)c1ccccc1NC(=O)c1ccccc1. The van der Waals surface area contributed by atoms with Crippen LogP contribution in [0.2, 0.25) is 0 Å². The zero-order chi connectivity index (χ0) is 13.7. The Morgan fingerprint density at radius 1 is 0.842 bits per heavy atom. The van der Waals surface area contributed by atoms with Crippen molar-refractivity contribution in [2.24, 2.45) is 0 Å². The summed E-state index contributed by atoms with van der Waals surface area (Å²) in [6.45, 7) is 0. The van der Waals surface area contributed by atoms with Gasteiger partial charge in [-0.2, -0.15) is 0 Å². The highest BCUT2D eigenvalue weighted by Crippen LogP contribution is 2.16. The monoisotopic (exact) mass is 254 g/mol. The molecule has 0 spiro atoms. The maximum Gasteiger partial charge on any atom is 0.255 e. The molecule has 4 nitrogen and oxygen atoms in total. The summed E-state index contributed by atoms with van der Waals surface area (Å²) in [6.07, 6.45) is 0. The summed E-state index contributed by atoms with van der Waals surface area (Å²) in [7, 11) is 1.55. The molecule has 2 amide bonds. The number of para-hydroxylation sites is 1. The third-order valence-electron chi connectivity index (χ3n) is 2.68. The first kappa shape index (κ1) is 12.8. The van der Waals surface area contributed by atoms with Crippen LogP contribution >= 0.6 is 0 Å². The molecule has 0 aliphatic carbocycles. The van der Waals surface area contributed by atoms with Gasteiger partial charge in [-0.25, -0.2) is 0 Å². The third-order valence-corrected chi connectivity index (χ3v) is 2.68. The molecule has 0 fully saturated rings. The molecular weight excluding hydrogens is 240 g/mol. The Morgan fingerprint density at radius 2 is 1.47 bits per heavy atom. The number of benzene rings is 2. The van der Waals surface area contributed by atoms with E-state index in [2.05, 4.69) is 10.6 Å². The van der Waals surface area contributed by atoms with E-state index in [4.69, 9.17) is 0 Å². The van der Waals surface area contributed by atoms with Crippen molar-refractivity contribution in [3.63, 3.8) is 0 Å². The summed E-state index contributed by atoms with van der Waals surface area (Å²) < 4.78 is 0. The largest absolute Gasteiger partial charge is 0.355 e. The lowest BCUT2D eigenvalue weighted by Crippen LogP contribution is -2.21. The predicted octanol–water partition coefficient (Wildman–Crippen LogP) is 2.30. The van der Waals surface area contributed by atoms with Crippen LogP contribution in [0.25, 0.3) is 0 Å². The molecule has 0 aliphatic heterocycles. The maximum atomic E-state index is 12.0. The fourth-order valence-corrected chi connectivity index (χ4v) is 1.71. The van der Waals surface area contributed by atoms with Crippen LogP contribution in [-0.4, -0.2) is 18.9 Å². The number of hydrogen-bond donors (Lipinski definition) is 2. The van der Waals surface area contributed by atoms with Gasteiger partial charge in [-0.1, -0.05) is 30.3 Å². The van der Waals surface area contributed by atoms with Gasteiger partial charge in [-0.3, -0.25) is 9.59 Å². The van der Waals surface area contributed by atoms with E-state index in [1.807, 2.05) is 6.07 Å². The highest BCUT2D eigenvalue weighted by molar-refractivity contribution is 6.08. The lowest BCUT2D eigenvalue weighted by molar-refractivity contribution is 0.0964. The fourth-order valence-electron chi connectivity index (χ4n) is 1.71. The van der Waals surface area contributed by atoms with Gasteiger partial charge in [0.1, 0.15) is 0 Å². The lowest BCUT2D eigenvalue weighted by Gasteiger charge is -2.09. The molecule has 0 bridgehead atoms. The molecule has 0 aliphatic rings. The van der Waals surface area contributed by atoms with Crippen molar-refractivity contribution in [2.75, 3.05) is 12.4 Å². The van der Waals surface area contributed by atoms with E-state index in [0.717, 1.165) is 0 Å². The predicted molar refractivity (Wildman–Crippen MR) is 74.2 cm³/mol. The molecular formula is C15H14N2O2. The van der Waals surface area contributed by atoms with Crippen LogP contribution in [0, 0.1) is 0 Å². The lowest BCUT2D eigenvalue weighted by atomic mass is 10.1. The molecule has 4 heteroatoms. The molecule has 0 saturated carbocycles. The molecule has 0 heterocycles. The number of amides is 2. The molecule has 0 unspecified atom stereocenters. The number of carbonyl (C=O) groups is 2. The summed E-state index contributed by atoms with van der Waals surface area (Å²) >= 11 is 0. The van der Waals surface area contributed by atoms with E-state index in [-0.39, 0.29) is 11.8 Å². The van der Waals surface area contributed by atoms with Crippen LogP contribution in [0.1, 0.15) is 20.7 Å². The van der Waals surface area contributed by atoms with Gasteiger partial charge >= 0.3 is 0 Å². The van der Waals surface area contributed by atoms with Crippen LogP contribution < -0.4 is 10.6 Å². The van der Waals surface area contributed by atoms with Crippen molar-refractivity contribution in [1.29, 1.82) is 0 Å². The van der Waals surface area contributed by atoms with Crippen LogP contribution in [0.3, 0.4) is 0 Å². The first-order valence-electron chi connectivity index (χ1n) is 5.90. The van der Waals surface area contributed by atoms with Gasteiger partial charge in [0.25, 0.3) is 11.8 Å². The van der Waals surface area contributed by atoms with E-state index in [0.29, 0.717) is 16.8 Å². The number of carbonyl (C=O) groups excluding carboxylic acids is 2. The summed E-state index contributed by atoms with van der Waals surface area (Å²) in [4.78, 5) is 23.7. The quantitative estimate of drug-likeness (QED) is 0.883. The van der Waals surface area contributed by atoms with Crippen molar-refractivity contribution < 1.29 is 9.59 Å². The normalized spacial score (nSPS) is 9.74. The van der Waals surface area contributed by atoms with Crippen LogP contribution in [0.15, 0.2) is 54.6 Å². The summed E-state index contributed by atoms with van der Waals surface area (Å²) in [5, 5.41) is 5.29. The number of hydrogen-bond acceptors (Lipinski definition) is 2. The number of anilines is 1. The van der Waals surface area contributed by atoms with Crippen molar-refractivity contribution in [3.05, 3.63) is 65.7 Å². The minimum Gasteiger partial charge on any atom is -0.355 e. The molecule has 0 aromatic heterocycles. The van der Waals surface area contributed by atoms with E-state index in [9.17, 15) is 9.59 Å². The molecule has 2 N–H and O–H groups in total. The number of rotatable bonds is 3. The van der Waals surface area contributed by atoms with E-state index < -0.39 is 0 Å². The van der Waals surface area contributed by atoms with Gasteiger partial charge in [0.05, 0.1) is 11.3 Å². The first-order valence-corrected chi connectivity index (χ1v) is 5.90. The molecule has 0 radical (unpaired) electrons. The number of nitrogens with one attached hydrogen (secondary N) is 2. The molecule has 96 valence electrons. The minimum absolute atomic E-state index is 0.232. The van der Waals surface area contributed by atoms with Crippen molar-refractivity contribution in [1.82, 2.24) is 5.32 Å². The first-order chi connectivity index (χ1) is 9.22. The second kappa shape index (κ2) is 5.82. The average molecular weight is 254 g/mol. The second-order valence-electron chi connectivity index (χ2n) is 3.94. The molecule has 2 aromatic carbocycles. The van der Waals surface area contributed by atoms with Gasteiger partial charge in [0, 0.05) is 12.6 Å². The fraction of sp³-hybridized carbons (Fsp3) is 0.0667. The molecule has 0 atom stereocenters. The summed E-state index contributed by atoms with van der Waals surface area (Å²) in [5.41, 5.74) is 1.49. The topological polar surface area (TPSA) is 58.2 Å². The molecule has 2 aromatic rings. The second-order valence-corrected chi connectivity index (χ2v) is 3.94. The Balaban J connectivity index is 2.25. The van der Waals surface area contributed by atoms with E-state index >= 15 is 0 Å². The molecule has 0 saturated heterocycles. The van der Waals surface area contributed by atoms with E-state index in [1.165, 1.54) is 0 Å². The highest BCUT2D eigenvalue weighted by atomic mass is 16.2. The zero-order valence-corrected chi connectivity index (χ0v) is 10.5. The molecule has 19 heavy (non-hydrogen) atoms. The third kappa shape index (κ3) is 2.98. The van der Waals surface area contributed by atoms with Crippen molar-refractivity contribution >= 4 is 17.5 Å². The highest BCUT2D eigenvalue weighted by Gasteiger charge is 2.12. The van der Waals surface area contributed by atoms with Crippen LogP contribution in [0.4, 0.5) is 5.69 Å². The Labute approximate surface area is 111 Å². The van der Waals surface area contributed by atoms with Crippen LogP contribution in [-0.2, 0) is 0 Å². The Morgan fingerprint density at radius 3 is 2.16 bits per heavy atom. The van der Waals surface area contributed by atoms with Gasteiger partial charge < -0.3 is 10.6 Å². The minimum atomic E-state index is -0.239. The zero-order valence-electron chi connectivity index (χ0n) is 10.5. The smallest absolute Gasteiger partial charge is 0.255 e. The Bertz CT molecular complexity index is 594. The Kier molecular flexibility index (Phi) is 3.93. The maximum absolute atomic E-state index is 12.0. The Hall–Kier alpha value is -2.62. The van der Waals surface area contributed by atoms with Crippen LogP contribution in [0.5, 0.6) is 0 Å². The summed E-state index contributed by atoms with van der Waals surface area (Å²) in [5.74, 6) is -0.471. The van der Waals surface area contributed by atoms with Gasteiger partial charge in [0.15, 0.2) is 0 Å². The summed E-state index contributed by atoms with van der Waals surface area (Å²) in [6, 6.07) is 15.8. The van der Waals surface area contributed by atoms with Gasteiger partial charge in [-0.05, 0) is 24.3 Å². The van der Waals surface area contributed by atoms with Gasteiger partial charge in [0.2, 0.25) is 0 Å². The van der Waals surface area contributed by atoms with Gasteiger partial charge in [-0.15, -0.1) is 0 Å². The molecule has 2 rings (SSSR count). The average Bonchev–Trinajstić information content (AvgIpc) is 2.48. The van der Waals surface area contributed by atoms with Crippen molar-refractivity contribution in [3.8, 4) is 0 Å². The van der Waals surface area contributed by atoms with Crippen molar-refractivity contribution in [2.45, 2.75) is 0 Å².